The highest BCUT2D eigenvalue weighted by Gasteiger charge is 2.50. The molecule has 0 aromatic heterocycles. The summed E-state index contributed by atoms with van der Waals surface area (Å²) in [6, 6.07) is 3.34. The summed E-state index contributed by atoms with van der Waals surface area (Å²) in [5.74, 6) is -0.274. The number of nitrogens with one attached hydrogen (secondary N) is 1. The Bertz CT molecular complexity index is 1040. The van der Waals surface area contributed by atoms with E-state index in [1.54, 1.807) is 21.2 Å². The third-order valence-electron chi connectivity index (χ3n) is 7.18. The summed E-state index contributed by atoms with van der Waals surface area (Å²) in [6.07, 6.45) is 3.55. The number of phosphoric acid groups is 1. The molecule has 0 fully saturated rings. The molecule has 1 aliphatic rings. The molecule has 3 N–H and O–H groups in total. The summed E-state index contributed by atoms with van der Waals surface area (Å²) in [4.78, 5) is 34.9. The minimum absolute atomic E-state index is 0.0109. The van der Waals surface area contributed by atoms with Gasteiger partial charge >= 0.3 is 7.82 Å². The standard InChI is InChI=1S/C27H44ClN2O7P/c1-9-27(10-2,25(31)22(17-30(6)7)37-38(32,33)34)24-19-16-20(28)21(36-13-11-12-35-8)14-18(19)15-23(29-24)26(3,4)5/h14,16-17,23-24,29H,9-13,15H2,1-8H3,(H2,32,33,34). The lowest BCUT2D eigenvalue weighted by Gasteiger charge is -2.48. The first-order valence-corrected chi connectivity index (χ1v) is 14.9. The van der Waals surface area contributed by atoms with Crippen molar-refractivity contribution in [1.82, 2.24) is 10.2 Å². The predicted molar refractivity (Wildman–Crippen MR) is 149 cm³/mol. The number of ketones is 1. The topological polar surface area (TPSA) is 118 Å². The van der Waals surface area contributed by atoms with E-state index in [0.717, 1.165) is 17.5 Å². The molecule has 0 spiro atoms. The van der Waals surface area contributed by atoms with E-state index in [1.165, 1.54) is 11.1 Å². The van der Waals surface area contributed by atoms with Crippen LogP contribution in [0.15, 0.2) is 24.1 Å². The van der Waals surface area contributed by atoms with E-state index in [9.17, 15) is 19.1 Å². The zero-order valence-corrected chi connectivity index (χ0v) is 25.5. The number of allylic oxidation sites excluding steroid dienone is 1. The highest BCUT2D eigenvalue weighted by molar-refractivity contribution is 7.46. The van der Waals surface area contributed by atoms with Crippen molar-refractivity contribution in [3.8, 4) is 5.75 Å². The van der Waals surface area contributed by atoms with Gasteiger partial charge in [-0.25, -0.2) is 4.57 Å². The first kappa shape index (κ1) is 32.6. The molecule has 38 heavy (non-hydrogen) atoms. The molecule has 0 amide bonds. The van der Waals surface area contributed by atoms with Gasteiger partial charge in [-0.05, 0) is 47.9 Å². The molecule has 1 aliphatic heterocycles. The highest BCUT2D eigenvalue weighted by Crippen LogP contribution is 2.50. The van der Waals surface area contributed by atoms with Crippen LogP contribution in [0.5, 0.6) is 5.75 Å². The number of halogens is 1. The van der Waals surface area contributed by atoms with Crippen molar-refractivity contribution < 1.29 is 33.1 Å². The van der Waals surface area contributed by atoms with Crippen molar-refractivity contribution in [2.45, 2.75) is 72.4 Å². The normalized spacial score (nSPS) is 18.7. The SMILES string of the molecule is CCC(CC)(C(=O)C(=CN(C)C)OP(=O)(O)O)C1NC(C(C)(C)C)Cc2cc(OCCCOC)c(Cl)cc21. The molecule has 0 aliphatic carbocycles. The summed E-state index contributed by atoms with van der Waals surface area (Å²) in [6.45, 7) is 11.3. The number of methoxy groups -OCH3 is 1. The van der Waals surface area contributed by atoms with Crippen molar-refractivity contribution in [1.29, 1.82) is 0 Å². The van der Waals surface area contributed by atoms with Gasteiger partial charge in [-0.1, -0.05) is 46.2 Å². The molecule has 1 aromatic carbocycles. The molecule has 11 heteroatoms. The Morgan fingerprint density at radius 2 is 1.84 bits per heavy atom. The number of phosphoric ester groups is 1. The van der Waals surface area contributed by atoms with Crippen LogP contribution in [0.25, 0.3) is 0 Å². The fourth-order valence-electron chi connectivity index (χ4n) is 4.98. The lowest BCUT2D eigenvalue weighted by molar-refractivity contribution is -0.130. The molecule has 1 aromatic rings. The Kier molecular flexibility index (Phi) is 11.3. The number of rotatable bonds is 13. The van der Waals surface area contributed by atoms with Gasteiger partial charge in [-0.2, -0.15) is 0 Å². The van der Waals surface area contributed by atoms with Gasteiger partial charge < -0.3 is 24.2 Å². The number of nitrogens with zero attached hydrogens (tertiary/aromatic N) is 1. The van der Waals surface area contributed by atoms with E-state index in [0.29, 0.717) is 43.2 Å². The summed E-state index contributed by atoms with van der Waals surface area (Å²) < 4.78 is 27.8. The van der Waals surface area contributed by atoms with Gasteiger partial charge in [0.1, 0.15) is 5.75 Å². The lowest BCUT2D eigenvalue weighted by atomic mass is 9.65. The zero-order chi connectivity index (χ0) is 28.9. The second-order valence-corrected chi connectivity index (χ2v) is 12.7. The molecule has 2 unspecified atom stereocenters. The molecule has 2 atom stereocenters. The lowest BCUT2D eigenvalue weighted by Crippen LogP contribution is -2.54. The van der Waals surface area contributed by atoms with Gasteiger partial charge in [-0.3, -0.25) is 14.6 Å². The van der Waals surface area contributed by atoms with Crippen LogP contribution in [0.4, 0.5) is 0 Å². The average Bonchev–Trinajstić information content (AvgIpc) is 2.80. The molecule has 0 radical (unpaired) electrons. The van der Waals surface area contributed by atoms with Crippen molar-refractivity contribution >= 4 is 25.2 Å². The molecule has 216 valence electrons. The third kappa shape index (κ3) is 7.96. The number of carbonyl (C=O) groups excluding carboxylic acids is 1. The Balaban J connectivity index is 2.68. The van der Waals surface area contributed by atoms with Crippen molar-refractivity contribution in [2.75, 3.05) is 34.4 Å². The van der Waals surface area contributed by atoms with Crippen LogP contribution in [-0.4, -0.2) is 60.9 Å². The molecule has 0 saturated heterocycles. The summed E-state index contributed by atoms with van der Waals surface area (Å²) in [5.41, 5.74) is 0.681. The van der Waals surface area contributed by atoms with E-state index >= 15 is 0 Å². The maximum absolute atomic E-state index is 14.2. The number of hydrogen-bond donors (Lipinski definition) is 3. The van der Waals surface area contributed by atoms with Crippen molar-refractivity contribution in [3.63, 3.8) is 0 Å². The van der Waals surface area contributed by atoms with Crippen LogP contribution in [0.3, 0.4) is 0 Å². The number of fused-ring (bicyclic) bond motifs is 1. The first-order chi connectivity index (χ1) is 17.6. The number of Topliss-reactive ketones (excluding diaryl/α,β-unsaturated/α-hetero) is 1. The van der Waals surface area contributed by atoms with Gasteiger partial charge in [0.15, 0.2) is 5.76 Å². The van der Waals surface area contributed by atoms with Gasteiger partial charge in [-0.15, -0.1) is 0 Å². The largest absolute Gasteiger partial charge is 0.524 e. The van der Waals surface area contributed by atoms with Gasteiger partial charge in [0.25, 0.3) is 0 Å². The first-order valence-electron chi connectivity index (χ1n) is 13.0. The van der Waals surface area contributed by atoms with E-state index in [4.69, 9.17) is 25.6 Å². The third-order valence-corrected chi connectivity index (χ3v) is 7.91. The van der Waals surface area contributed by atoms with E-state index in [1.807, 2.05) is 26.0 Å². The summed E-state index contributed by atoms with van der Waals surface area (Å²) >= 11 is 6.69. The minimum atomic E-state index is -4.98. The fraction of sp³-hybridized carbons (Fsp3) is 0.667. The van der Waals surface area contributed by atoms with Gasteiger partial charge in [0.05, 0.1) is 17.0 Å². The number of hydrogen-bond acceptors (Lipinski definition) is 7. The minimum Gasteiger partial charge on any atom is -0.492 e. The molecule has 9 nitrogen and oxygen atoms in total. The monoisotopic (exact) mass is 574 g/mol. The summed E-state index contributed by atoms with van der Waals surface area (Å²) in [5, 5.41) is 4.16. The molecule has 2 rings (SSSR count). The van der Waals surface area contributed by atoms with Crippen molar-refractivity contribution in [2.24, 2.45) is 10.8 Å². The maximum atomic E-state index is 14.2. The fourth-order valence-corrected chi connectivity index (χ4v) is 5.59. The Labute approximate surface area is 232 Å². The Morgan fingerprint density at radius 1 is 1.21 bits per heavy atom. The molecular weight excluding hydrogens is 531 g/mol. The number of ether oxygens (including phenoxy) is 2. The zero-order valence-electron chi connectivity index (χ0n) is 23.8. The highest BCUT2D eigenvalue weighted by atomic mass is 35.5. The molecular formula is C27H44ClN2O7P. The second kappa shape index (κ2) is 13.2. The van der Waals surface area contributed by atoms with Gasteiger partial charge in [0.2, 0.25) is 5.78 Å². The summed E-state index contributed by atoms with van der Waals surface area (Å²) in [7, 11) is -0.0163. The van der Waals surface area contributed by atoms with E-state index < -0.39 is 25.1 Å². The van der Waals surface area contributed by atoms with Crippen LogP contribution in [0.2, 0.25) is 5.02 Å². The van der Waals surface area contributed by atoms with Crippen LogP contribution in [0.1, 0.15) is 71.0 Å². The van der Waals surface area contributed by atoms with E-state index in [2.05, 4.69) is 26.1 Å². The Morgan fingerprint density at radius 3 is 2.34 bits per heavy atom. The van der Waals surface area contributed by atoms with Crippen LogP contribution >= 0.6 is 19.4 Å². The Hall–Kier alpha value is -1.61. The average molecular weight is 575 g/mol. The van der Waals surface area contributed by atoms with Gasteiger partial charge in [0, 0.05) is 52.5 Å². The molecule has 0 saturated carbocycles. The van der Waals surface area contributed by atoms with Crippen LogP contribution in [-0.2, 0) is 25.0 Å². The second-order valence-electron chi connectivity index (χ2n) is 11.1. The quantitative estimate of drug-likeness (QED) is 0.126. The molecule has 0 bridgehead atoms. The van der Waals surface area contributed by atoms with Crippen LogP contribution in [0, 0.1) is 10.8 Å². The van der Waals surface area contributed by atoms with E-state index in [-0.39, 0.29) is 17.2 Å². The van der Waals surface area contributed by atoms with Crippen LogP contribution < -0.4 is 10.1 Å². The maximum Gasteiger partial charge on any atom is 0.524 e. The number of benzene rings is 1. The number of carbonyl (C=O) groups is 1. The predicted octanol–water partition coefficient (Wildman–Crippen LogP) is 5.24. The smallest absolute Gasteiger partial charge is 0.492 e. The van der Waals surface area contributed by atoms with Crippen molar-refractivity contribution in [3.05, 3.63) is 40.2 Å². The molecule has 1 heterocycles.